The monoisotopic (exact) mass is 400 g/mol. The molecule has 0 radical (unpaired) electrons. The van der Waals surface area contributed by atoms with Crippen molar-refractivity contribution in [3.8, 4) is 0 Å². The molecule has 0 atom stereocenters. The third-order valence-electron chi connectivity index (χ3n) is 2.62. The predicted octanol–water partition coefficient (Wildman–Crippen LogP) is 4.74. The molecule has 114 valence electrons. The van der Waals surface area contributed by atoms with E-state index in [1.54, 1.807) is 30.3 Å². The molecule has 0 aliphatic heterocycles. The molecule has 0 fully saturated rings. The summed E-state index contributed by atoms with van der Waals surface area (Å²) in [5.74, 6) is -0.0166. The molecule has 0 aliphatic rings. The van der Waals surface area contributed by atoms with E-state index in [0.717, 1.165) is 9.37 Å². The molecule has 0 aliphatic carbocycles. The number of amides is 1. The lowest BCUT2D eigenvalue weighted by Crippen LogP contribution is -2.14. The van der Waals surface area contributed by atoms with Crippen molar-refractivity contribution >= 4 is 56.6 Å². The van der Waals surface area contributed by atoms with Gasteiger partial charge in [-0.05, 0) is 30.3 Å². The summed E-state index contributed by atoms with van der Waals surface area (Å²) in [6.07, 6.45) is 0. The van der Waals surface area contributed by atoms with E-state index in [0.29, 0.717) is 10.7 Å². The molecule has 2 aromatic rings. The average Bonchev–Trinajstić information content (AvgIpc) is 2.48. The number of hydrogen-bond acceptors (Lipinski definition) is 4. The van der Waals surface area contributed by atoms with Gasteiger partial charge >= 0.3 is 0 Å². The Balaban J connectivity index is 1.91. The minimum absolute atomic E-state index is 0.0236. The zero-order valence-corrected chi connectivity index (χ0v) is 14.2. The van der Waals surface area contributed by atoms with Crippen LogP contribution in [-0.2, 0) is 4.79 Å². The van der Waals surface area contributed by atoms with E-state index in [1.165, 1.54) is 23.9 Å². The van der Waals surface area contributed by atoms with Crippen LogP contribution in [0, 0.1) is 10.1 Å². The number of carbonyl (C=O) groups is 1. The summed E-state index contributed by atoms with van der Waals surface area (Å²) in [6, 6.07) is 11.2. The van der Waals surface area contributed by atoms with Crippen LogP contribution >= 0.6 is 39.3 Å². The second-order valence-corrected chi connectivity index (χ2v) is 6.58. The number of nitrogens with one attached hydrogen (secondary N) is 1. The van der Waals surface area contributed by atoms with Crippen molar-refractivity contribution in [3.63, 3.8) is 0 Å². The molecule has 22 heavy (non-hydrogen) atoms. The van der Waals surface area contributed by atoms with Gasteiger partial charge in [-0.15, -0.1) is 11.8 Å². The average molecular weight is 402 g/mol. The second-order valence-electron chi connectivity index (χ2n) is 4.21. The van der Waals surface area contributed by atoms with E-state index in [-0.39, 0.29) is 17.3 Å². The first-order chi connectivity index (χ1) is 10.5. The summed E-state index contributed by atoms with van der Waals surface area (Å²) >= 11 is 10.6. The molecule has 8 heteroatoms. The minimum Gasteiger partial charge on any atom is -0.324 e. The fourth-order valence-electron chi connectivity index (χ4n) is 1.59. The van der Waals surface area contributed by atoms with Gasteiger partial charge in [0.15, 0.2) is 0 Å². The predicted molar refractivity (Wildman–Crippen MR) is 91.6 cm³/mol. The molecule has 0 aromatic heterocycles. The lowest BCUT2D eigenvalue weighted by Gasteiger charge is -2.07. The first-order valence-electron chi connectivity index (χ1n) is 6.08. The van der Waals surface area contributed by atoms with Gasteiger partial charge in [-0.1, -0.05) is 27.5 Å². The molecule has 1 N–H and O–H groups in total. The van der Waals surface area contributed by atoms with E-state index >= 15 is 0 Å². The fraction of sp³-hybridized carbons (Fsp3) is 0.0714. The maximum absolute atomic E-state index is 11.9. The van der Waals surface area contributed by atoms with Crippen LogP contribution in [0.5, 0.6) is 0 Å². The lowest BCUT2D eigenvalue weighted by atomic mass is 10.3. The van der Waals surface area contributed by atoms with Crippen LogP contribution in [0.2, 0.25) is 5.02 Å². The van der Waals surface area contributed by atoms with E-state index in [4.69, 9.17) is 11.6 Å². The molecule has 2 rings (SSSR count). The van der Waals surface area contributed by atoms with Crippen LogP contribution in [0.4, 0.5) is 11.4 Å². The van der Waals surface area contributed by atoms with Crippen LogP contribution < -0.4 is 5.32 Å². The highest BCUT2D eigenvalue weighted by molar-refractivity contribution is 9.10. The summed E-state index contributed by atoms with van der Waals surface area (Å²) in [7, 11) is 0. The standard InChI is InChI=1S/C14H10BrClN2O3S/c15-9-1-6-13(12(16)7-9)17-14(19)8-22-11-4-2-10(3-5-11)18(20)21/h1-7H,8H2,(H,17,19). The number of benzene rings is 2. The van der Waals surface area contributed by atoms with Crippen molar-refractivity contribution in [1.82, 2.24) is 0 Å². The first-order valence-corrected chi connectivity index (χ1v) is 8.23. The maximum Gasteiger partial charge on any atom is 0.269 e. The molecule has 0 unspecified atom stereocenters. The number of nitro groups is 1. The van der Waals surface area contributed by atoms with E-state index < -0.39 is 4.92 Å². The molecule has 0 saturated heterocycles. The normalized spacial score (nSPS) is 10.3. The van der Waals surface area contributed by atoms with E-state index in [9.17, 15) is 14.9 Å². The zero-order valence-electron chi connectivity index (χ0n) is 11.1. The number of carbonyl (C=O) groups excluding carboxylic acids is 1. The van der Waals surface area contributed by atoms with Crippen LogP contribution in [-0.4, -0.2) is 16.6 Å². The largest absolute Gasteiger partial charge is 0.324 e. The smallest absolute Gasteiger partial charge is 0.269 e. The van der Waals surface area contributed by atoms with Gasteiger partial charge in [0.2, 0.25) is 5.91 Å². The Morgan fingerprint density at radius 2 is 1.95 bits per heavy atom. The Kier molecular flexibility index (Phi) is 5.82. The Hall–Kier alpha value is -1.57. The van der Waals surface area contributed by atoms with E-state index in [1.807, 2.05) is 0 Å². The molecule has 5 nitrogen and oxygen atoms in total. The topological polar surface area (TPSA) is 72.2 Å². The van der Waals surface area contributed by atoms with Gasteiger partial charge in [0.05, 0.1) is 21.4 Å². The summed E-state index contributed by atoms with van der Waals surface area (Å²) in [5, 5.41) is 13.7. The van der Waals surface area contributed by atoms with Gasteiger partial charge in [0, 0.05) is 21.5 Å². The fourth-order valence-corrected chi connectivity index (χ4v) is 3.01. The highest BCUT2D eigenvalue weighted by Gasteiger charge is 2.08. The third-order valence-corrected chi connectivity index (χ3v) is 4.44. The molecule has 1 amide bonds. The van der Waals surface area contributed by atoms with Gasteiger partial charge in [0.1, 0.15) is 0 Å². The number of rotatable bonds is 5. The molecule has 0 spiro atoms. The van der Waals surface area contributed by atoms with Crippen molar-refractivity contribution in [2.24, 2.45) is 0 Å². The Morgan fingerprint density at radius 1 is 1.27 bits per heavy atom. The first kappa shape index (κ1) is 16.8. The lowest BCUT2D eigenvalue weighted by molar-refractivity contribution is -0.384. The molecular formula is C14H10BrClN2O3S. The van der Waals surface area contributed by atoms with Crippen LogP contribution in [0.25, 0.3) is 0 Å². The number of hydrogen-bond donors (Lipinski definition) is 1. The van der Waals surface area contributed by atoms with Gasteiger partial charge in [0.25, 0.3) is 5.69 Å². The Bertz CT molecular complexity index is 710. The van der Waals surface area contributed by atoms with Crippen molar-refractivity contribution in [3.05, 3.63) is 62.1 Å². The van der Waals surface area contributed by atoms with Gasteiger partial charge < -0.3 is 5.32 Å². The van der Waals surface area contributed by atoms with Crippen LogP contribution in [0.15, 0.2) is 51.8 Å². The number of nitrogens with zero attached hydrogens (tertiary/aromatic N) is 1. The summed E-state index contributed by atoms with van der Waals surface area (Å²) in [5.41, 5.74) is 0.564. The van der Waals surface area contributed by atoms with Crippen molar-refractivity contribution in [2.45, 2.75) is 4.90 Å². The SMILES string of the molecule is O=C(CSc1ccc([N+](=O)[O-])cc1)Nc1ccc(Br)cc1Cl. The molecule has 2 aromatic carbocycles. The van der Waals surface area contributed by atoms with Crippen molar-refractivity contribution in [1.29, 1.82) is 0 Å². The quantitative estimate of drug-likeness (QED) is 0.446. The van der Waals surface area contributed by atoms with Gasteiger partial charge in [-0.2, -0.15) is 0 Å². The molecule has 0 bridgehead atoms. The third kappa shape index (κ3) is 4.72. The molecule has 0 heterocycles. The van der Waals surface area contributed by atoms with Gasteiger partial charge in [-0.3, -0.25) is 14.9 Å². The highest BCUT2D eigenvalue weighted by atomic mass is 79.9. The number of thioether (sulfide) groups is 1. The second kappa shape index (κ2) is 7.62. The Labute approximate surface area is 144 Å². The number of nitro benzene ring substituents is 1. The Morgan fingerprint density at radius 3 is 2.55 bits per heavy atom. The van der Waals surface area contributed by atoms with Crippen molar-refractivity contribution in [2.75, 3.05) is 11.1 Å². The number of halogens is 2. The van der Waals surface area contributed by atoms with Gasteiger partial charge in [-0.25, -0.2) is 0 Å². The minimum atomic E-state index is -0.462. The maximum atomic E-state index is 11.9. The van der Waals surface area contributed by atoms with Crippen LogP contribution in [0.1, 0.15) is 0 Å². The zero-order chi connectivity index (χ0) is 16.1. The summed E-state index contributed by atoms with van der Waals surface area (Å²) < 4.78 is 0.829. The summed E-state index contributed by atoms with van der Waals surface area (Å²) in [6.45, 7) is 0. The van der Waals surface area contributed by atoms with Crippen LogP contribution in [0.3, 0.4) is 0 Å². The van der Waals surface area contributed by atoms with E-state index in [2.05, 4.69) is 21.2 Å². The summed E-state index contributed by atoms with van der Waals surface area (Å²) in [4.78, 5) is 22.8. The molecule has 0 saturated carbocycles. The number of anilines is 1. The molecular weight excluding hydrogens is 392 g/mol. The number of non-ortho nitro benzene ring substituents is 1. The van der Waals surface area contributed by atoms with Crippen molar-refractivity contribution < 1.29 is 9.72 Å². The highest BCUT2D eigenvalue weighted by Crippen LogP contribution is 2.26.